The second kappa shape index (κ2) is 9.21. The van der Waals surface area contributed by atoms with E-state index >= 15 is 0 Å². The summed E-state index contributed by atoms with van der Waals surface area (Å²) < 4.78 is 11.9. The number of nitrogens with one attached hydrogen (secondary N) is 1. The van der Waals surface area contributed by atoms with Crippen molar-refractivity contribution in [1.29, 1.82) is 0 Å². The zero-order valence-corrected chi connectivity index (χ0v) is 13.7. The van der Waals surface area contributed by atoms with Crippen molar-refractivity contribution in [3.63, 3.8) is 0 Å². The van der Waals surface area contributed by atoms with Gasteiger partial charge in [-0.25, -0.2) is 0 Å². The molecule has 1 rings (SSSR count). The van der Waals surface area contributed by atoms with Crippen molar-refractivity contribution in [3.8, 4) is 11.5 Å². The van der Waals surface area contributed by atoms with Crippen molar-refractivity contribution in [2.75, 3.05) is 20.3 Å². The minimum Gasteiger partial charge on any atom is -0.492 e. The lowest BCUT2D eigenvalue weighted by molar-refractivity contribution is 0.309. The Labute approximate surface area is 124 Å². The van der Waals surface area contributed by atoms with Crippen LogP contribution in [0.15, 0.2) is 16.6 Å². The smallest absolute Gasteiger partial charge is 0.174 e. The second-order valence-electron chi connectivity index (χ2n) is 4.43. The van der Waals surface area contributed by atoms with Crippen LogP contribution in [0.3, 0.4) is 0 Å². The van der Waals surface area contributed by atoms with Crippen molar-refractivity contribution < 1.29 is 9.47 Å². The zero-order chi connectivity index (χ0) is 14.1. The molecular formula is C15H24BrNO2. The van der Waals surface area contributed by atoms with Gasteiger partial charge in [0, 0.05) is 6.54 Å². The van der Waals surface area contributed by atoms with E-state index in [2.05, 4.69) is 34.2 Å². The molecule has 0 aromatic heterocycles. The van der Waals surface area contributed by atoms with E-state index in [4.69, 9.17) is 9.47 Å². The number of hydrogen-bond donors (Lipinski definition) is 1. The minimum atomic E-state index is 0.635. The fourth-order valence-electron chi connectivity index (χ4n) is 1.92. The summed E-state index contributed by atoms with van der Waals surface area (Å²) in [4.78, 5) is 0. The minimum absolute atomic E-state index is 0.635. The van der Waals surface area contributed by atoms with E-state index in [0.29, 0.717) is 6.61 Å². The number of benzene rings is 1. The van der Waals surface area contributed by atoms with Crippen molar-refractivity contribution in [1.82, 2.24) is 5.32 Å². The molecule has 0 aliphatic heterocycles. The van der Waals surface area contributed by atoms with Crippen LogP contribution >= 0.6 is 15.9 Å². The van der Waals surface area contributed by atoms with Crippen LogP contribution in [0, 0.1) is 0 Å². The third-order valence-corrected chi connectivity index (χ3v) is 3.45. The number of methoxy groups -OCH3 is 1. The van der Waals surface area contributed by atoms with E-state index in [1.807, 2.05) is 13.0 Å². The molecule has 3 nitrogen and oxygen atoms in total. The predicted octanol–water partition coefficient (Wildman–Crippen LogP) is 4.14. The van der Waals surface area contributed by atoms with E-state index in [9.17, 15) is 0 Å². The van der Waals surface area contributed by atoms with Gasteiger partial charge in [-0.05, 0) is 53.5 Å². The van der Waals surface area contributed by atoms with E-state index < -0.39 is 0 Å². The first-order valence-corrected chi connectivity index (χ1v) is 7.72. The van der Waals surface area contributed by atoms with Gasteiger partial charge >= 0.3 is 0 Å². The highest BCUT2D eigenvalue weighted by Gasteiger charge is 2.10. The lowest BCUT2D eigenvalue weighted by Crippen LogP contribution is -2.14. The van der Waals surface area contributed by atoms with Gasteiger partial charge < -0.3 is 14.8 Å². The van der Waals surface area contributed by atoms with E-state index in [0.717, 1.165) is 29.1 Å². The molecule has 4 heteroatoms. The van der Waals surface area contributed by atoms with E-state index in [1.165, 1.54) is 24.8 Å². The molecule has 1 aromatic rings. The van der Waals surface area contributed by atoms with Crippen molar-refractivity contribution in [2.24, 2.45) is 0 Å². The SMILES string of the molecule is CCCCCNCc1cc(Br)c(OC)c(OCC)c1. The summed E-state index contributed by atoms with van der Waals surface area (Å²) >= 11 is 3.53. The van der Waals surface area contributed by atoms with Crippen LogP contribution in [-0.4, -0.2) is 20.3 Å². The summed E-state index contributed by atoms with van der Waals surface area (Å²) in [6, 6.07) is 4.12. The number of rotatable bonds is 9. The Morgan fingerprint density at radius 1 is 1.21 bits per heavy atom. The normalized spacial score (nSPS) is 10.5. The summed E-state index contributed by atoms with van der Waals surface area (Å²) in [5.74, 6) is 1.56. The van der Waals surface area contributed by atoms with Gasteiger partial charge in [-0.3, -0.25) is 0 Å². The Morgan fingerprint density at radius 3 is 2.63 bits per heavy atom. The molecule has 1 aromatic carbocycles. The summed E-state index contributed by atoms with van der Waals surface area (Å²) in [5.41, 5.74) is 1.20. The van der Waals surface area contributed by atoms with Crippen LogP contribution in [0.2, 0.25) is 0 Å². The summed E-state index contributed by atoms with van der Waals surface area (Å²) in [6.07, 6.45) is 3.76. The average molecular weight is 330 g/mol. The van der Waals surface area contributed by atoms with Gasteiger partial charge in [0.2, 0.25) is 0 Å². The molecule has 0 saturated carbocycles. The van der Waals surface area contributed by atoms with Gasteiger partial charge in [-0.1, -0.05) is 19.8 Å². The van der Waals surface area contributed by atoms with Crippen LogP contribution in [-0.2, 0) is 6.54 Å². The monoisotopic (exact) mass is 329 g/mol. The lowest BCUT2D eigenvalue weighted by Gasteiger charge is -2.13. The molecule has 0 bridgehead atoms. The molecule has 0 saturated heterocycles. The highest BCUT2D eigenvalue weighted by molar-refractivity contribution is 9.10. The van der Waals surface area contributed by atoms with Gasteiger partial charge in [0.15, 0.2) is 11.5 Å². The Bertz CT molecular complexity index is 383. The maximum Gasteiger partial charge on any atom is 0.174 e. The van der Waals surface area contributed by atoms with Crippen molar-refractivity contribution in [2.45, 2.75) is 39.7 Å². The van der Waals surface area contributed by atoms with E-state index in [-0.39, 0.29) is 0 Å². The van der Waals surface area contributed by atoms with Gasteiger partial charge in [-0.2, -0.15) is 0 Å². The van der Waals surface area contributed by atoms with Gasteiger partial charge in [0.25, 0.3) is 0 Å². The molecule has 0 spiro atoms. The molecule has 0 aliphatic carbocycles. The lowest BCUT2D eigenvalue weighted by atomic mass is 10.2. The molecule has 1 N–H and O–H groups in total. The van der Waals surface area contributed by atoms with Crippen LogP contribution in [0.25, 0.3) is 0 Å². The van der Waals surface area contributed by atoms with Gasteiger partial charge in [0.05, 0.1) is 18.2 Å². The Balaban J connectivity index is 2.63. The number of unbranched alkanes of at least 4 members (excludes halogenated alkanes) is 2. The molecule has 0 atom stereocenters. The summed E-state index contributed by atoms with van der Waals surface area (Å²) in [7, 11) is 1.66. The standard InChI is InChI=1S/C15H24BrNO2/c1-4-6-7-8-17-11-12-9-13(16)15(18-3)14(10-12)19-5-2/h9-10,17H,4-8,11H2,1-3H3. The molecule has 108 valence electrons. The molecule has 19 heavy (non-hydrogen) atoms. The molecule has 0 unspecified atom stereocenters. The molecule has 0 amide bonds. The second-order valence-corrected chi connectivity index (χ2v) is 5.28. The predicted molar refractivity (Wildman–Crippen MR) is 83.1 cm³/mol. The van der Waals surface area contributed by atoms with Crippen molar-refractivity contribution >= 4 is 15.9 Å². The maximum absolute atomic E-state index is 5.61. The molecule has 0 aliphatic rings. The first kappa shape index (κ1) is 16.3. The highest BCUT2D eigenvalue weighted by atomic mass is 79.9. The number of ether oxygens (including phenoxy) is 2. The molecular weight excluding hydrogens is 306 g/mol. The van der Waals surface area contributed by atoms with Crippen LogP contribution in [0.1, 0.15) is 38.7 Å². The summed E-state index contributed by atoms with van der Waals surface area (Å²) in [6.45, 7) is 6.74. The average Bonchev–Trinajstić information content (AvgIpc) is 2.39. The Kier molecular flexibility index (Phi) is 7.91. The summed E-state index contributed by atoms with van der Waals surface area (Å²) in [5, 5.41) is 3.45. The molecule has 0 radical (unpaired) electrons. The third kappa shape index (κ3) is 5.41. The fraction of sp³-hybridized carbons (Fsp3) is 0.600. The fourth-order valence-corrected chi connectivity index (χ4v) is 2.57. The number of hydrogen-bond acceptors (Lipinski definition) is 3. The highest BCUT2D eigenvalue weighted by Crippen LogP contribution is 2.36. The first-order chi connectivity index (χ1) is 9.22. The maximum atomic E-state index is 5.61. The Morgan fingerprint density at radius 2 is 2.00 bits per heavy atom. The molecule has 0 heterocycles. The van der Waals surface area contributed by atoms with Crippen molar-refractivity contribution in [3.05, 3.63) is 22.2 Å². The zero-order valence-electron chi connectivity index (χ0n) is 12.1. The topological polar surface area (TPSA) is 30.5 Å². The van der Waals surface area contributed by atoms with Gasteiger partial charge in [0.1, 0.15) is 0 Å². The number of halogens is 1. The van der Waals surface area contributed by atoms with Crippen LogP contribution in [0.4, 0.5) is 0 Å². The third-order valence-electron chi connectivity index (χ3n) is 2.86. The largest absolute Gasteiger partial charge is 0.492 e. The Hall–Kier alpha value is -0.740. The quantitative estimate of drug-likeness (QED) is 0.691. The van der Waals surface area contributed by atoms with Crippen LogP contribution < -0.4 is 14.8 Å². The first-order valence-electron chi connectivity index (χ1n) is 6.92. The van der Waals surface area contributed by atoms with Crippen LogP contribution in [0.5, 0.6) is 11.5 Å². The molecule has 0 fully saturated rings. The van der Waals surface area contributed by atoms with Gasteiger partial charge in [-0.15, -0.1) is 0 Å². The van der Waals surface area contributed by atoms with E-state index in [1.54, 1.807) is 7.11 Å².